The number of carbonyl (C=O) groups is 1. The molecule has 0 heterocycles. The Kier molecular flexibility index (Phi) is 5.49. The number of hydrogen-bond acceptors (Lipinski definition) is 5. The highest BCUT2D eigenvalue weighted by Gasteiger charge is 2.15. The van der Waals surface area contributed by atoms with Gasteiger partial charge in [-0.05, 0) is 49.6 Å². The van der Waals surface area contributed by atoms with Crippen molar-refractivity contribution < 1.29 is 25.2 Å². The lowest BCUT2D eigenvalue weighted by atomic mass is 10.0. The topological polar surface area (TPSA) is 98.0 Å². The summed E-state index contributed by atoms with van der Waals surface area (Å²) in [6.07, 6.45) is 5.30. The van der Waals surface area contributed by atoms with Crippen molar-refractivity contribution in [3.05, 3.63) is 64.7 Å². The molecule has 0 spiro atoms. The molecule has 0 bridgehead atoms. The Morgan fingerprint density at radius 2 is 1.60 bits per heavy atom. The molecule has 0 aromatic heterocycles. The SMILES string of the molecule is CC(C)=CCc1cc(C=CC(=O)c2c(O)cc(O)cc2O)ccc1O. The van der Waals surface area contributed by atoms with Gasteiger partial charge in [-0.3, -0.25) is 4.79 Å². The fraction of sp³-hybridized carbons (Fsp3) is 0.150. The third-order valence-corrected chi connectivity index (χ3v) is 3.59. The zero-order valence-corrected chi connectivity index (χ0v) is 14.0. The Morgan fingerprint density at radius 3 is 2.20 bits per heavy atom. The third kappa shape index (κ3) is 4.64. The van der Waals surface area contributed by atoms with Crippen molar-refractivity contribution in [3.63, 3.8) is 0 Å². The van der Waals surface area contributed by atoms with E-state index >= 15 is 0 Å². The van der Waals surface area contributed by atoms with Gasteiger partial charge in [0.15, 0.2) is 5.78 Å². The third-order valence-electron chi connectivity index (χ3n) is 3.59. The zero-order chi connectivity index (χ0) is 18.6. The van der Waals surface area contributed by atoms with Crippen molar-refractivity contribution in [1.29, 1.82) is 0 Å². The van der Waals surface area contributed by atoms with Crippen LogP contribution in [-0.4, -0.2) is 26.2 Å². The fourth-order valence-corrected chi connectivity index (χ4v) is 2.29. The van der Waals surface area contributed by atoms with Crippen LogP contribution in [0.1, 0.15) is 35.3 Å². The fourth-order valence-electron chi connectivity index (χ4n) is 2.29. The molecule has 0 saturated heterocycles. The first kappa shape index (κ1) is 18.1. The first-order chi connectivity index (χ1) is 11.8. The molecular formula is C20H20O5. The monoisotopic (exact) mass is 340 g/mol. The van der Waals surface area contributed by atoms with E-state index in [0.29, 0.717) is 12.0 Å². The van der Waals surface area contributed by atoms with Gasteiger partial charge in [-0.15, -0.1) is 0 Å². The Morgan fingerprint density at radius 1 is 0.960 bits per heavy atom. The van der Waals surface area contributed by atoms with Gasteiger partial charge in [0, 0.05) is 12.1 Å². The van der Waals surface area contributed by atoms with E-state index in [-0.39, 0.29) is 17.1 Å². The molecule has 5 heteroatoms. The molecule has 0 unspecified atom stereocenters. The molecule has 0 radical (unpaired) electrons. The highest BCUT2D eigenvalue weighted by atomic mass is 16.3. The molecule has 2 aromatic rings. The number of phenols is 4. The van der Waals surface area contributed by atoms with Gasteiger partial charge in [0.25, 0.3) is 0 Å². The predicted octanol–water partition coefficient (Wildman–Crippen LogP) is 3.91. The van der Waals surface area contributed by atoms with Crippen LogP contribution < -0.4 is 0 Å². The van der Waals surface area contributed by atoms with Crippen LogP contribution in [0.5, 0.6) is 23.0 Å². The van der Waals surface area contributed by atoms with Crippen LogP contribution in [-0.2, 0) is 6.42 Å². The van der Waals surface area contributed by atoms with Gasteiger partial charge in [0.2, 0.25) is 0 Å². The Labute approximate surface area is 145 Å². The number of ketones is 1. The van der Waals surface area contributed by atoms with Crippen LogP contribution in [0, 0.1) is 0 Å². The highest BCUT2D eigenvalue weighted by Crippen LogP contribution is 2.32. The smallest absolute Gasteiger partial charge is 0.193 e. The molecule has 2 aromatic carbocycles. The average molecular weight is 340 g/mol. The number of carbonyl (C=O) groups excluding carboxylic acids is 1. The van der Waals surface area contributed by atoms with Crippen LogP contribution in [0.25, 0.3) is 6.08 Å². The maximum absolute atomic E-state index is 12.2. The molecule has 0 aliphatic carbocycles. The summed E-state index contributed by atoms with van der Waals surface area (Å²) in [6.45, 7) is 3.94. The second-order valence-electron chi connectivity index (χ2n) is 5.93. The van der Waals surface area contributed by atoms with Gasteiger partial charge >= 0.3 is 0 Å². The second kappa shape index (κ2) is 7.57. The Bertz CT molecular complexity index is 835. The van der Waals surface area contributed by atoms with E-state index in [1.165, 1.54) is 12.2 Å². The molecule has 25 heavy (non-hydrogen) atoms. The quantitative estimate of drug-likeness (QED) is 0.376. The van der Waals surface area contributed by atoms with E-state index in [1.54, 1.807) is 18.2 Å². The summed E-state index contributed by atoms with van der Waals surface area (Å²) < 4.78 is 0. The van der Waals surface area contributed by atoms with Gasteiger partial charge in [-0.2, -0.15) is 0 Å². The van der Waals surface area contributed by atoms with Gasteiger partial charge in [0.1, 0.15) is 28.6 Å². The van der Waals surface area contributed by atoms with E-state index in [4.69, 9.17) is 0 Å². The Hall–Kier alpha value is -3.21. The minimum absolute atomic E-state index is 0.176. The lowest BCUT2D eigenvalue weighted by molar-refractivity contribution is 0.104. The van der Waals surface area contributed by atoms with Crippen molar-refractivity contribution in [3.8, 4) is 23.0 Å². The number of aromatic hydroxyl groups is 4. The number of rotatable bonds is 5. The van der Waals surface area contributed by atoms with Crippen LogP contribution in [0.4, 0.5) is 0 Å². The number of allylic oxidation sites excluding steroid dienone is 3. The second-order valence-corrected chi connectivity index (χ2v) is 5.93. The minimum atomic E-state index is -0.603. The zero-order valence-electron chi connectivity index (χ0n) is 14.0. The van der Waals surface area contributed by atoms with Crippen LogP contribution >= 0.6 is 0 Å². The first-order valence-electron chi connectivity index (χ1n) is 7.70. The molecule has 2 rings (SSSR count). The van der Waals surface area contributed by atoms with Crippen LogP contribution in [0.3, 0.4) is 0 Å². The maximum atomic E-state index is 12.2. The van der Waals surface area contributed by atoms with Gasteiger partial charge in [-0.25, -0.2) is 0 Å². The molecule has 130 valence electrons. The molecule has 0 fully saturated rings. The largest absolute Gasteiger partial charge is 0.508 e. The summed E-state index contributed by atoms with van der Waals surface area (Å²) in [4.78, 5) is 12.2. The van der Waals surface area contributed by atoms with Gasteiger partial charge < -0.3 is 20.4 Å². The average Bonchev–Trinajstić information content (AvgIpc) is 2.51. The van der Waals surface area contributed by atoms with E-state index < -0.39 is 17.3 Å². The number of phenolic OH excluding ortho intramolecular Hbond substituents is 4. The number of hydrogen-bond donors (Lipinski definition) is 4. The van der Waals surface area contributed by atoms with Crippen molar-refractivity contribution in [2.24, 2.45) is 0 Å². The molecule has 4 N–H and O–H groups in total. The highest BCUT2D eigenvalue weighted by molar-refractivity contribution is 6.10. The number of benzene rings is 2. The van der Waals surface area contributed by atoms with Crippen molar-refractivity contribution in [1.82, 2.24) is 0 Å². The molecule has 5 nitrogen and oxygen atoms in total. The first-order valence-corrected chi connectivity index (χ1v) is 7.70. The maximum Gasteiger partial charge on any atom is 0.193 e. The summed E-state index contributed by atoms with van der Waals surface area (Å²) >= 11 is 0. The van der Waals surface area contributed by atoms with Crippen LogP contribution in [0.2, 0.25) is 0 Å². The summed E-state index contributed by atoms with van der Waals surface area (Å²) in [5.74, 6) is -1.76. The lowest BCUT2D eigenvalue weighted by Crippen LogP contribution is -1.96. The van der Waals surface area contributed by atoms with Gasteiger partial charge in [-0.1, -0.05) is 23.8 Å². The minimum Gasteiger partial charge on any atom is -0.508 e. The van der Waals surface area contributed by atoms with Crippen molar-refractivity contribution in [2.45, 2.75) is 20.3 Å². The predicted molar refractivity (Wildman–Crippen MR) is 96.0 cm³/mol. The standard InChI is InChI=1S/C20H20O5/c1-12(2)3-6-14-9-13(4-7-16(14)22)5-8-17(23)20-18(24)10-15(21)11-19(20)25/h3-5,7-11,21-22,24-25H,6H2,1-2H3. The van der Waals surface area contributed by atoms with Crippen molar-refractivity contribution in [2.75, 3.05) is 0 Å². The summed E-state index contributed by atoms with van der Waals surface area (Å²) in [6, 6.07) is 6.93. The molecule has 0 saturated carbocycles. The van der Waals surface area contributed by atoms with Crippen molar-refractivity contribution >= 4 is 11.9 Å². The Balaban J connectivity index is 2.26. The van der Waals surface area contributed by atoms with E-state index in [0.717, 1.165) is 23.3 Å². The molecule has 0 aliphatic rings. The molecule has 0 atom stereocenters. The normalized spacial score (nSPS) is 10.8. The van der Waals surface area contributed by atoms with Gasteiger partial charge in [0.05, 0.1) is 0 Å². The van der Waals surface area contributed by atoms with E-state index in [1.807, 2.05) is 19.9 Å². The molecule has 0 amide bonds. The van der Waals surface area contributed by atoms with E-state index in [9.17, 15) is 25.2 Å². The molecule has 0 aliphatic heterocycles. The summed E-state index contributed by atoms with van der Waals surface area (Å²) in [5, 5.41) is 38.6. The molecular weight excluding hydrogens is 320 g/mol. The summed E-state index contributed by atoms with van der Waals surface area (Å²) in [7, 11) is 0. The van der Waals surface area contributed by atoms with Crippen LogP contribution in [0.15, 0.2) is 48.1 Å². The summed E-state index contributed by atoms with van der Waals surface area (Å²) in [5.41, 5.74) is 2.28. The van der Waals surface area contributed by atoms with E-state index in [2.05, 4.69) is 0 Å². The lowest BCUT2D eigenvalue weighted by Gasteiger charge is -2.05.